The maximum atomic E-state index is 11.6. The van der Waals surface area contributed by atoms with Crippen LogP contribution in [0.1, 0.15) is 6.23 Å². The van der Waals surface area contributed by atoms with Crippen LogP contribution < -0.4 is 11.2 Å². The van der Waals surface area contributed by atoms with Crippen molar-refractivity contribution < 1.29 is 14.9 Å². The molecule has 100 valence electrons. The van der Waals surface area contributed by atoms with Gasteiger partial charge in [-0.2, -0.15) is 0 Å². The molecule has 0 amide bonds. The van der Waals surface area contributed by atoms with Gasteiger partial charge in [0.2, 0.25) is 0 Å². The number of aliphatic hydroxyl groups excluding tert-OH is 2. The van der Waals surface area contributed by atoms with Crippen LogP contribution in [-0.4, -0.2) is 38.1 Å². The second kappa shape index (κ2) is 5.24. The predicted molar refractivity (Wildman–Crippen MR) is 65.2 cm³/mol. The van der Waals surface area contributed by atoms with Crippen LogP contribution in [0.2, 0.25) is 0 Å². The summed E-state index contributed by atoms with van der Waals surface area (Å²) in [6.07, 6.45) is 4.53. The molecule has 2 rings (SSSR count). The Bertz CT molecular complexity index is 639. The van der Waals surface area contributed by atoms with Crippen molar-refractivity contribution >= 4 is 0 Å². The monoisotopic (exact) mass is 264 g/mol. The summed E-state index contributed by atoms with van der Waals surface area (Å²) >= 11 is 0. The summed E-state index contributed by atoms with van der Waals surface area (Å²) in [4.78, 5) is 24.6. The fourth-order valence-corrected chi connectivity index (χ4v) is 1.85. The molecule has 0 saturated carbocycles. The van der Waals surface area contributed by atoms with Crippen LogP contribution in [0.4, 0.5) is 0 Å². The molecule has 1 fully saturated rings. The highest BCUT2D eigenvalue weighted by Gasteiger charge is 2.42. The molecule has 1 aliphatic heterocycles. The summed E-state index contributed by atoms with van der Waals surface area (Å²) in [5.74, 6) is 2.23. The van der Waals surface area contributed by atoms with Crippen molar-refractivity contribution in [3.63, 3.8) is 0 Å². The van der Waals surface area contributed by atoms with Crippen LogP contribution in [0.5, 0.6) is 0 Å². The Morgan fingerprint density at radius 3 is 2.79 bits per heavy atom. The lowest BCUT2D eigenvalue weighted by Gasteiger charge is -2.16. The van der Waals surface area contributed by atoms with Gasteiger partial charge in [0, 0.05) is 12.3 Å². The zero-order chi connectivity index (χ0) is 14.0. The number of hydrogen-bond donors (Lipinski definition) is 3. The standard InChI is InChI=1S/C12H12N2O5/c1-2-3-4-7-9(16)10(17)11(19-7)14-6-5-8(15)13-12(14)18/h1,3-7,9-11,16-17H,(H,13,15,18)/t7-,9-,10-,11-/m1/s1. The lowest BCUT2D eigenvalue weighted by molar-refractivity contribution is -0.0297. The molecular formula is C12H12N2O5. The van der Waals surface area contributed by atoms with Gasteiger partial charge in [0.25, 0.3) is 5.56 Å². The number of aromatic nitrogens is 2. The van der Waals surface area contributed by atoms with Gasteiger partial charge in [0.15, 0.2) is 6.23 Å². The van der Waals surface area contributed by atoms with Crippen molar-refractivity contribution in [2.24, 2.45) is 0 Å². The highest BCUT2D eigenvalue weighted by molar-refractivity contribution is 5.13. The predicted octanol–water partition coefficient (Wildman–Crippen LogP) is -1.65. The Kier molecular flexibility index (Phi) is 3.66. The number of terminal acetylenes is 1. The van der Waals surface area contributed by atoms with E-state index in [1.54, 1.807) is 0 Å². The van der Waals surface area contributed by atoms with Gasteiger partial charge in [0.1, 0.15) is 18.3 Å². The molecule has 19 heavy (non-hydrogen) atoms. The lowest BCUT2D eigenvalue weighted by atomic mass is 10.1. The minimum Gasteiger partial charge on any atom is -0.387 e. The average Bonchev–Trinajstić information content (AvgIpc) is 2.64. The SMILES string of the molecule is C#CC=C[C@H]1O[C@@H](n2ccc(=O)[nH]c2=O)[C@H](O)[C@@H]1O. The molecule has 0 aliphatic carbocycles. The normalized spacial score (nSPS) is 30.6. The fraction of sp³-hybridized carbons (Fsp3) is 0.333. The minimum atomic E-state index is -1.31. The van der Waals surface area contributed by atoms with E-state index in [1.165, 1.54) is 18.3 Å². The highest BCUT2D eigenvalue weighted by atomic mass is 16.6. The van der Waals surface area contributed by atoms with Gasteiger partial charge in [0.05, 0.1) is 0 Å². The van der Waals surface area contributed by atoms with E-state index < -0.39 is 35.8 Å². The molecule has 2 heterocycles. The van der Waals surface area contributed by atoms with E-state index in [1.807, 2.05) is 4.98 Å². The van der Waals surface area contributed by atoms with Crippen molar-refractivity contribution in [1.29, 1.82) is 0 Å². The van der Waals surface area contributed by atoms with Gasteiger partial charge in [-0.25, -0.2) is 4.79 Å². The maximum Gasteiger partial charge on any atom is 0.330 e. The van der Waals surface area contributed by atoms with E-state index in [-0.39, 0.29) is 0 Å². The Balaban J connectivity index is 2.32. The average molecular weight is 264 g/mol. The van der Waals surface area contributed by atoms with Crippen molar-refractivity contribution in [3.05, 3.63) is 45.3 Å². The van der Waals surface area contributed by atoms with Crippen LogP contribution in [0.25, 0.3) is 0 Å². The van der Waals surface area contributed by atoms with Gasteiger partial charge >= 0.3 is 5.69 Å². The summed E-state index contributed by atoms with van der Waals surface area (Å²) in [7, 11) is 0. The summed E-state index contributed by atoms with van der Waals surface area (Å²) in [5.41, 5.74) is -1.29. The first kappa shape index (κ1) is 13.3. The van der Waals surface area contributed by atoms with Gasteiger partial charge in [-0.05, 0) is 12.2 Å². The third-order valence-electron chi connectivity index (χ3n) is 2.78. The second-order valence-corrected chi connectivity index (χ2v) is 4.02. The summed E-state index contributed by atoms with van der Waals surface area (Å²) in [5, 5.41) is 19.6. The summed E-state index contributed by atoms with van der Waals surface area (Å²) in [6, 6.07) is 1.12. The molecule has 0 aromatic carbocycles. The number of ether oxygens (including phenoxy) is 1. The zero-order valence-corrected chi connectivity index (χ0v) is 9.76. The fourth-order valence-electron chi connectivity index (χ4n) is 1.85. The first-order valence-corrected chi connectivity index (χ1v) is 5.50. The molecule has 1 aliphatic rings. The number of H-pyrrole nitrogens is 1. The van der Waals surface area contributed by atoms with E-state index in [0.717, 1.165) is 10.6 Å². The molecule has 0 spiro atoms. The topological polar surface area (TPSA) is 105 Å². The Hall–Kier alpha value is -2.14. The maximum absolute atomic E-state index is 11.6. The Morgan fingerprint density at radius 1 is 1.42 bits per heavy atom. The van der Waals surface area contributed by atoms with E-state index >= 15 is 0 Å². The van der Waals surface area contributed by atoms with Crippen molar-refractivity contribution in [2.75, 3.05) is 0 Å². The quantitative estimate of drug-likeness (QED) is 0.555. The van der Waals surface area contributed by atoms with Gasteiger partial charge in [-0.15, -0.1) is 6.42 Å². The minimum absolute atomic E-state index is 0.557. The number of aromatic amines is 1. The largest absolute Gasteiger partial charge is 0.387 e. The van der Waals surface area contributed by atoms with Crippen LogP contribution in [0.15, 0.2) is 34.0 Å². The van der Waals surface area contributed by atoms with Crippen LogP contribution in [0.3, 0.4) is 0 Å². The molecule has 1 aromatic heterocycles. The molecule has 3 N–H and O–H groups in total. The number of aliphatic hydroxyl groups is 2. The van der Waals surface area contributed by atoms with Crippen LogP contribution in [0, 0.1) is 12.3 Å². The molecule has 7 heteroatoms. The Labute approximate surface area is 107 Å². The molecular weight excluding hydrogens is 252 g/mol. The van der Waals surface area contributed by atoms with Gasteiger partial charge in [-0.1, -0.05) is 5.92 Å². The van der Waals surface area contributed by atoms with Crippen molar-refractivity contribution in [2.45, 2.75) is 24.5 Å². The van der Waals surface area contributed by atoms with Crippen molar-refractivity contribution in [3.8, 4) is 12.3 Å². The smallest absolute Gasteiger partial charge is 0.330 e. The first-order valence-electron chi connectivity index (χ1n) is 5.50. The van der Waals surface area contributed by atoms with Crippen LogP contribution in [-0.2, 0) is 4.74 Å². The van der Waals surface area contributed by atoms with Crippen molar-refractivity contribution in [1.82, 2.24) is 9.55 Å². The van der Waals surface area contributed by atoms with Gasteiger partial charge in [-0.3, -0.25) is 14.3 Å². The van der Waals surface area contributed by atoms with Gasteiger partial charge < -0.3 is 14.9 Å². The van der Waals surface area contributed by atoms with Crippen LogP contribution >= 0.6 is 0 Å². The molecule has 1 saturated heterocycles. The number of rotatable bonds is 2. The van der Waals surface area contributed by atoms with E-state index in [4.69, 9.17) is 11.2 Å². The molecule has 4 atom stereocenters. The number of nitrogens with zero attached hydrogens (tertiary/aromatic N) is 1. The lowest BCUT2D eigenvalue weighted by Crippen LogP contribution is -2.37. The van der Waals surface area contributed by atoms with E-state index in [0.29, 0.717) is 0 Å². The number of hydrogen-bond acceptors (Lipinski definition) is 5. The highest BCUT2D eigenvalue weighted by Crippen LogP contribution is 2.28. The summed E-state index contributed by atoms with van der Waals surface area (Å²) in [6.45, 7) is 0. The number of allylic oxidation sites excluding steroid dienone is 1. The van der Waals surface area contributed by atoms with E-state index in [2.05, 4.69) is 5.92 Å². The third kappa shape index (κ3) is 2.51. The second-order valence-electron chi connectivity index (χ2n) is 4.02. The number of nitrogens with one attached hydrogen (secondary N) is 1. The zero-order valence-electron chi connectivity index (χ0n) is 9.76. The molecule has 7 nitrogen and oxygen atoms in total. The summed E-state index contributed by atoms with van der Waals surface area (Å²) < 4.78 is 6.35. The first-order chi connectivity index (χ1) is 9.04. The molecule has 0 bridgehead atoms. The molecule has 1 aromatic rings. The van der Waals surface area contributed by atoms with E-state index in [9.17, 15) is 19.8 Å². The Morgan fingerprint density at radius 2 is 2.16 bits per heavy atom. The molecule has 0 radical (unpaired) electrons. The third-order valence-corrected chi connectivity index (χ3v) is 2.78. The molecule has 0 unspecified atom stereocenters.